The molecule has 1 aromatic carbocycles. The van der Waals surface area contributed by atoms with Crippen molar-refractivity contribution >= 4 is 13.3 Å². The topological polar surface area (TPSA) is 29.5 Å². The van der Waals surface area contributed by atoms with Crippen LogP contribution in [0.3, 0.4) is 0 Å². The monoisotopic (exact) mass is 170 g/mol. The van der Waals surface area contributed by atoms with E-state index in [4.69, 9.17) is 13.0 Å². The third-order valence-corrected chi connectivity index (χ3v) is 1.21. The number of hydrogen-bond acceptors (Lipinski definition) is 2. The molecule has 1 N–H and O–H groups in total. The molecule has 0 aromatic heterocycles. The van der Waals surface area contributed by atoms with E-state index in [1.807, 2.05) is 0 Å². The van der Waals surface area contributed by atoms with Crippen LogP contribution in [0, 0.1) is 0 Å². The molecule has 0 fully saturated rings. The molecule has 0 atom stereocenters. The van der Waals surface area contributed by atoms with E-state index in [2.05, 4.69) is 4.74 Å². The number of ether oxygens (including phenoxy) is 1. The Bertz CT molecular complexity index is 278. The third-order valence-electron chi connectivity index (χ3n) is 1.21. The van der Waals surface area contributed by atoms with Crippen LogP contribution in [0.15, 0.2) is 18.2 Å². The molecule has 1 aromatic rings. The lowest BCUT2D eigenvalue weighted by atomic mass is 9.95. The second-order valence-corrected chi connectivity index (χ2v) is 2.10. The summed E-state index contributed by atoms with van der Waals surface area (Å²) in [5, 5.41) is 8.85. The lowest BCUT2D eigenvalue weighted by Crippen LogP contribution is -2.12. The fourth-order valence-corrected chi connectivity index (χ4v) is 0.739. The first-order valence-electron chi connectivity index (χ1n) is 3.13. The van der Waals surface area contributed by atoms with E-state index in [1.165, 1.54) is 12.1 Å². The van der Waals surface area contributed by atoms with Crippen LogP contribution >= 0.6 is 0 Å². The maximum absolute atomic E-state index is 11.7. The zero-order chi connectivity index (χ0) is 9.14. The van der Waals surface area contributed by atoms with Gasteiger partial charge < -0.3 is 9.84 Å². The summed E-state index contributed by atoms with van der Waals surface area (Å²) in [6, 6.07) is 3.53. The number of halogens is 2. The zero-order valence-corrected chi connectivity index (χ0v) is 6.00. The van der Waals surface area contributed by atoms with E-state index in [0.717, 1.165) is 6.07 Å². The highest BCUT2D eigenvalue weighted by Gasteiger charge is 2.06. The first kappa shape index (κ1) is 8.84. The summed E-state index contributed by atoms with van der Waals surface area (Å²) >= 11 is 0. The molecule has 0 unspecified atom stereocenters. The minimum atomic E-state index is -2.91. The van der Waals surface area contributed by atoms with Crippen molar-refractivity contribution in [3.05, 3.63) is 18.2 Å². The molecule has 0 aliphatic rings. The third kappa shape index (κ3) is 2.12. The Morgan fingerprint density at radius 2 is 2.08 bits per heavy atom. The number of benzene rings is 1. The molecule has 1 rings (SSSR count). The number of phenols is 1. The molecule has 0 heterocycles. The number of rotatable bonds is 2. The van der Waals surface area contributed by atoms with Crippen LogP contribution in [0.5, 0.6) is 11.5 Å². The van der Waals surface area contributed by atoms with E-state index in [-0.39, 0.29) is 17.0 Å². The Balaban J connectivity index is 2.86. The SMILES string of the molecule is [B]c1cc(O)ccc1OC(F)F. The fourth-order valence-electron chi connectivity index (χ4n) is 0.739. The van der Waals surface area contributed by atoms with E-state index in [1.54, 1.807) is 0 Å². The molecular weight excluding hydrogens is 165 g/mol. The van der Waals surface area contributed by atoms with Gasteiger partial charge in [-0.15, -0.1) is 0 Å². The van der Waals surface area contributed by atoms with Crippen molar-refractivity contribution in [3.63, 3.8) is 0 Å². The van der Waals surface area contributed by atoms with E-state index in [0.29, 0.717) is 0 Å². The normalized spacial score (nSPS) is 10.2. The maximum Gasteiger partial charge on any atom is 0.387 e. The number of hydrogen-bond donors (Lipinski definition) is 1. The van der Waals surface area contributed by atoms with Gasteiger partial charge in [0.25, 0.3) is 0 Å². The molecule has 0 aliphatic carbocycles. The minimum absolute atomic E-state index is 0.0182. The van der Waals surface area contributed by atoms with Gasteiger partial charge in [-0.3, -0.25) is 0 Å². The summed E-state index contributed by atoms with van der Waals surface area (Å²) < 4.78 is 27.4. The average molecular weight is 170 g/mol. The van der Waals surface area contributed by atoms with E-state index < -0.39 is 6.61 Å². The maximum atomic E-state index is 11.7. The van der Waals surface area contributed by atoms with Crippen molar-refractivity contribution in [1.29, 1.82) is 0 Å². The second kappa shape index (κ2) is 3.43. The van der Waals surface area contributed by atoms with E-state index >= 15 is 0 Å². The fraction of sp³-hybridized carbons (Fsp3) is 0.143. The quantitative estimate of drug-likeness (QED) is 0.664. The molecule has 0 amide bonds. The van der Waals surface area contributed by atoms with Gasteiger partial charge in [-0.05, 0) is 18.2 Å². The summed E-state index contributed by atoms with van der Waals surface area (Å²) in [7, 11) is 5.25. The summed E-state index contributed by atoms with van der Waals surface area (Å²) in [6.07, 6.45) is 0. The standard InChI is InChI=1S/C7H5BF2O2/c8-5-3-4(11)1-2-6(5)12-7(9)10/h1-3,7,11H. The van der Waals surface area contributed by atoms with Crippen LogP contribution in [0.1, 0.15) is 0 Å². The smallest absolute Gasteiger partial charge is 0.387 e. The molecule has 2 nitrogen and oxygen atoms in total. The predicted molar refractivity (Wildman–Crippen MR) is 40.1 cm³/mol. The van der Waals surface area contributed by atoms with Gasteiger partial charge in [0.2, 0.25) is 0 Å². The van der Waals surface area contributed by atoms with Crippen molar-refractivity contribution in [3.8, 4) is 11.5 Å². The highest BCUT2D eigenvalue weighted by atomic mass is 19.3. The molecule has 0 spiro atoms. The summed E-state index contributed by atoms with van der Waals surface area (Å²) in [5.74, 6) is -0.225. The van der Waals surface area contributed by atoms with Gasteiger partial charge >= 0.3 is 6.61 Å². The van der Waals surface area contributed by atoms with E-state index in [9.17, 15) is 8.78 Å². The Morgan fingerprint density at radius 3 is 2.58 bits per heavy atom. The van der Waals surface area contributed by atoms with Crippen molar-refractivity contribution in [1.82, 2.24) is 0 Å². The van der Waals surface area contributed by atoms with Crippen molar-refractivity contribution in [2.24, 2.45) is 0 Å². The van der Waals surface area contributed by atoms with Crippen molar-refractivity contribution in [2.45, 2.75) is 6.61 Å². The van der Waals surface area contributed by atoms with Crippen molar-refractivity contribution < 1.29 is 18.6 Å². The summed E-state index contributed by atoms with van der Waals surface area (Å²) in [6.45, 7) is -2.91. The van der Waals surface area contributed by atoms with Gasteiger partial charge in [0.1, 0.15) is 19.3 Å². The van der Waals surface area contributed by atoms with Gasteiger partial charge in [-0.25, -0.2) is 0 Å². The summed E-state index contributed by atoms with van der Waals surface area (Å²) in [4.78, 5) is 0. The lowest BCUT2D eigenvalue weighted by Gasteiger charge is -2.07. The Labute approximate surface area is 69.2 Å². The first-order chi connectivity index (χ1) is 5.59. The van der Waals surface area contributed by atoms with Crippen LogP contribution in [0.2, 0.25) is 0 Å². The minimum Gasteiger partial charge on any atom is -0.508 e. The highest BCUT2D eigenvalue weighted by molar-refractivity contribution is 6.34. The lowest BCUT2D eigenvalue weighted by molar-refractivity contribution is -0.0491. The van der Waals surface area contributed by atoms with Gasteiger partial charge in [0, 0.05) is 0 Å². The molecule has 0 aliphatic heterocycles. The van der Waals surface area contributed by atoms with Crippen LogP contribution in [0.4, 0.5) is 8.78 Å². The Kier molecular flexibility index (Phi) is 2.52. The molecule has 2 radical (unpaired) electrons. The number of aromatic hydroxyl groups is 1. The van der Waals surface area contributed by atoms with Gasteiger partial charge in [-0.2, -0.15) is 8.78 Å². The summed E-state index contributed by atoms with van der Waals surface area (Å²) in [5.41, 5.74) is -0.0182. The van der Waals surface area contributed by atoms with Crippen LogP contribution in [-0.2, 0) is 0 Å². The van der Waals surface area contributed by atoms with Crippen LogP contribution in [-0.4, -0.2) is 19.6 Å². The average Bonchev–Trinajstić information content (AvgIpc) is 1.94. The van der Waals surface area contributed by atoms with Gasteiger partial charge in [0.15, 0.2) is 0 Å². The largest absolute Gasteiger partial charge is 0.508 e. The molecular formula is C7H5BF2O2. The van der Waals surface area contributed by atoms with Crippen LogP contribution in [0.25, 0.3) is 0 Å². The molecule has 62 valence electrons. The van der Waals surface area contributed by atoms with Gasteiger partial charge in [-0.1, -0.05) is 5.46 Å². The molecule has 0 bridgehead atoms. The Hall–Kier alpha value is -1.26. The Morgan fingerprint density at radius 1 is 1.42 bits per heavy atom. The van der Waals surface area contributed by atoms with Gasteiger partial charge in [0.05, 0.1) is 0 Å². The predicted octanol–water partition coefficient (Wildman–Crippen LogP) is 0.787. The highest BCUT2D eigenvalue weighted by Crippen LogP contribution is 2.14. The zero-order valence-electron chi connectivity index (χ0n) is 6.00. The number of alkyl halides is 2. The van der Waals surface area contributed by atoms with Crippen molar-refractivity contribution in [2.75, 3.05) is 0 Å². The second-order valence-electron chi connectivity index (χ2n) is 2.10. The number of phenolic OH excluding ortho intramolecular Hbond substituents is 1. The molecule has 5 heteroatoms. The molecule has 0 saturated carbocycles. The molecule has 0 saturated heterocycles. The van der Waals surface area contributed by atoms with Crippen LogP contribution < -0.4 is 10.2 Å². The molecule has 12 heavy (non-hydrogen) atoms. The first-order valence-corrected chi connectivity index (χ1v) is 3.13.